The van der Waals surface area contributed by atoms with Crippen LogP contribution in [0, 0.1) is 0 Å². The molecule has 6 nitrogen and oxygen atoms in total. The van der Waals surface area contributed by atoms with Gasteiger partial charge in [-0.25, -0.2) is 4.98 Å². The van der Waals surface area contributed by atoms with E-state index in [1.165, 1.54) is 25.6 Å². The van der Waals surface area contributed by atoms with Gasteiger partial charge in [0.1, 0.15) is 0 Å². The van der Waals surface area contributed by atoms with Crippen LogP contribution >= 0.6 is 0 Å². The minimum Gasteiger partial charge on any atom is -0.339 e. The molecule has 4 rings (SSSR count). The molecule has 2 aliphatic rings. The van der Waals surface area contributed by atoms with Gasteiger partial charge in [0.05, 0.1) is 17.2 Å². The molecule has 2 fully saturated rings. The van der Waals surface area contributed by atoms with E-state index in [2.05, 4.69) is 15.3 Å². The summed E-state index contributed by atoms with van der Waals surface area (Å²) < 4.78 is 0. The van der Waals surface area contributed by atoms with Crippen LogP contribution in [0.25, 0.3) is 10.9 Å². The predicted octanol–water partition coefficient (Wildman–Crippen LogP) is 1.67. The van der Waals surface area contributed by atoms with E-state index in [-0.39, 0.29) is 11.5 Å². The molecule has 1 aliphatic heterocycles. The fraction of sp³-hybridized carbons (Fsp3) is 0.500. The molecule has 2 heterocycles. The van der Waals surface area contributed by atoms with Gasteiger partial charge in [0.15, 0.2) is 0 Å². The zero-order valence-corrected chi connectivity index (χ0v) is 13.6. The first-order valence-electron chi connectivity index (χ1n) is 8.73. The highest BCUT2D eigenvalue weighted by Gasteiger charge is 2.27. The third-order valence-corrected chi connectivity index (χ3v) is 5.25. The lowest BCUT2D eigenvalue weighted by atomic mass is 9.91. The summed E-state index contributed by atoms with van der Waals surface area (Å²) in [7, 11) is 0. The number of carbonyl (C=O) groups is 1. The number of amides is 1. The average molecular weight is 326 g/mol. The molecule has 1 amide bonds. The van der Waals surface area contributed by atoms with Crippen LogP contribution in [0.2, 0.25) is 0 Å². The van der Waals surface area contributed by atoms with E-state index < -0.39 is 0 Å². The molecule has 1 aromatic heterocycles. The fourth-order valence-corrected chi connectivity index (χ4v) is 3.54. The summed E-state index contributed by atoms with van der Waals surface area (Å²) in [5.74, 6) is 0.0288. The van der Waals surface area contributed by atoms with E-state index >= 15 is 0 Å². The topological polar surface area (TPSA) is 78.1 Å². The van der Waals surface area contributed by atoms with Gasteiger partial charge in [-0.2, -0.15) is 0 Å². The van der Waals surface area contributed by atoms with Crippen LogP contribution in [0.15, 0.2) is 29.3 Å². The number of hydrogen-bond acceptors (Lipinski definition) is 4. The maximum absolute atomic E-state index is 12.7. The SMILES string of the molecule is O=C(c1ccc2c(=O)[nH]cnc2c1)N1CCC(NC2CCC2)CC1. The summed E-state index contributed by atoms with van der Waals surface area (Å²) >= 11 is 0. The first kappa shape index (κ1) is 15.3. The Morgan fingerprint density at radius 2 is 1.92 bits per heavy atom. The van der Waals surface area contributed by atoms with Gasteiger partial charge in [-0.15, -0.1) is 0 Å². The van der Waals surface area contributed by atoms with Crippen molar-refractivity contribution in [2.45, 2.75) is 44.2 Å². The van der Waals surface area contributed by atoms with E-state index in [4.69, 9.17) is 0 Å². The van der Waals surface area contributed by atoms with Crippen LogP contribution in [0.4, 0.5) is 0 Å². The van der Waals surface area contributed by atoms with E-state index in [1.54, 1.807) is 18.2 Å². The fourth-order valence-electron chi connectivity index (χ4n) is 3.54. The van der Waals surface area contributed by atoms with E-state index in [0.717, 1.165) is 25.9 Å². The molecule has 1 saturated carbocycles. The quantitative estimate of drug-likeness (QED) is 0.899. The minimum atomic E-state index is -0.179. The summed E-state index contributed by atoms with van der Waals surface area (Å²) in [6, 6.07) is 6.35. The maximum atomic E-state index is 12.7. The van der Waals surface area contributed by atoms with Crippen molar-refractivity contribution < 1.29 is 4.79 Å². The summed E-state index contributed by atoms with van der Waals surface area (Å²) in [5.41, 5.74) is 0.985. The number of fused-ring (bicyclic) bond motifs is 1. The Kier molecular flexibility index (Phi) is 4.06. The van der Waals surface area contributed by atoms with Crippen LogP contribution in [0.5, 0.6) is 0 Å². The highest BCUT2D eigenvalue weighted by atomic mass is 16.2. The molecule has 0 atom stereocenters. The van der Waals surface area contributed by atoms with Gasteiger partial charge in [0.25, 0.3) is 11.5 Å². The Morgan fingerprint density at radius 3 is 2.62 bits per heavy atom. The molecule has 2 N–H and O–H groups in total. The maximum Gasteiger partial charge on any atom is 0.258 e. The van der Waals surface area contributed by atoms with Crippen molar-refractivity contribution in [2.24, 2.45) is 0 Å². The lowest BCUT2D eigenvalue weighted by Gasteiger charge is -2.37. The lowest BCUT2D eigenvalue weighted by Crippen LogP contribution is -2.49. The van der Waals surface area contributed by atoms with Crippen molar-refractivity contribution in [1.82, 2.24) is 20.2 Å². The number of benzene rings is 1. The van der Waals surface area contributed by atoms with Crippen molar-refractivity contribution >= 4 is 16.8 Å². The van der Waals surface area contributed by atoms with Crippen molar-refractivity contribution in [2.75, 3.05) is 13.1 Å². The molecule has 0 unspecified atom stereocenters. The summed E-state index contributed by atoms with van der Waals surface area (Å²) in [5, 5.41) is 4.21. The van der Waals surface area contributed by atoms with Gasteiger partial charge >= 0.3 is 0 Å². The Labute approximate surface area is 140 Å². The van der Waals surface area contributed by atoms with Crippen molar-refractivity contribution in [3.05, 3.63) is 40.4 Å². The van der Waals surface area contributed by atoms with Crippen LogP contribution in [0.1, 0.15) is 42.5 Å². The first-order valence-corrected chi connectivity index (χ1v) is 8.73. The molecule has 1 saturated heterocycles. The third-order valence-electron chi connectivity index (χ3n) is 5.25. The monoisotopic (exact) mass is 326 g/mol. The minimum absolute atomic E-state index is 0.0288. The predicted molar refractivity (Wildman–Crippen MR) is 92.1 cm³/mol. The summed E-state index contributed by atoms with van der Waals surface area (Å²) in [4.78, 5) is 33.0. The van der Waals surface area contributed by atoms with Gasteiger partial charge in [0.2, 0.25) is 0 Å². The Hall–Kier alpha value is -2.21. The van der Waals surface area contributed by atoms with Gasteiger partial charge < -0.3 is 15.2 Å². The number of nitrogens with zero attached hydrogens (tertiary/aromatic N) is 2. The van der Waals surface area contributed by atoms with Crippen molar-refractivity contribution in [1.29, 1.82) is 0 Å². The number of piperidine rings is 1. The molecule has 126 valence electrons. The Balaban J connectivity index is 1.43. The van der Waals surface area contributed by atoms with Crippen LogP contribution in [-0.2, 0) is 0 Å². The van der Waals surface area contributed by atoms with Gasteiger partial charge in [-0.05, 0) is 43.9 Å². The van der Waals surface area contributed by atoms with Gasteiger partial charge in [-0.3, -0.25) is 9.59 Å². The van der Waals surface area contributed by atoms with E-state index in [0.29, 0.717) is 28.6 Å². The zero-order chi connectivity index (χ0) is 16.5. The number of nitrogens with one attached hydrogen (secondary N) is 2. The van der Waals surface area contributed by atoms with Gasteiger partial charge in [-0.1, -0.05) is 6.42 Å². The first-order chi connectivity index (χ1) is 11.7. The van der Waals surface area contributed by atoms with E-state index in [1.807, 2.05) is 4.90 Å². The number of aromatic amines is 1. The van der Waals surface area contributed by atoms with Gasteiger partial charge in [0, 0.05) is 30.7 Å². The molecule has 0 bridgehead atoms. The third kappa shape index (κ3) is 2.94. The van der Waals surface area contributed by atoms with Crippen LogP contribution in [-0.4, -0.2) is 45.9 Å². The largest absolute Gasteiger partial charge is 0.339 e. The second-order valence-corrected chi connectivity index (χ2v) is 6.82. The molecule has 24 heavy (non-hydrogen) atoms. The molecule has 1 aliphatic carbocycles. The second-order valence-electron chi connectivity index (χ2n) is 6.82. The number of rotatable bonds is 3. The smallest absolute Gasteiger partial charge is 0.258 e. The summed E-state index contributed by atoms with van der Waals surface area (Å²) in [6.45, 7) is 1.56. The average Bonchev–Trinajstić information content (AvgIpc) is 2.58. The highest BCUT2D eigenvalue weighted by Crippen LogP contribution is 2.22. The number of likely N-dealkylation sites (tertiary alicyclic amines) is 1. The molecule has 1 aromatic carbocycles. The number of H-pyrrole nitrogens is 1. The number of aromatic nitrogens is 2. The van der Waals surface area contributed by atoms with E-state index in [9.17, 15) is 9.59 Å². The molecule has 0 radical (unpaired) electrons. The lowest BCUT2D eigenvalue weighted by molar-refractivity contribution is 0.0697. The zero-order valence-electron chi connectivity index (χ0n) is 13.6. The molecule has 2 aromatic rings. The Morgan fingerprint density at radius 1 is 1.17 bits per heavy atom. The highest BCUT2D eigenvalue weighted by molar-refractivity contribution is 5.97. The number of carbonyl (C=O) groups excluding carboxylic acids is 1. The normalized spacial score (nSPS) is 19.4. The number of hydrogen-bond donors (Lipinski definition) is 2. The molecule has 0 spiro atoms. The van der Waals surface area contributed by atoms with Crippen molar-refractivity contribution in [3.8, 4) is 0 Å². The molecular formula is C18H22N4O2. The van der Waals surface area contributed by atoms with Crippen LogP contribution in [0.3, 0.4) is 0 Å². The van der Waals surface area contributed by atoms with Crippen molar-refractivity contribution in [3.63, 3.8) is 0 Å². The molecule has 6 heteroatoms. The second kappa shape index (κ2) is 6.36. The Bertz CT molecular complexity index is 804. The summed E-state index contributed by atoms with van der Waals surface area (Å²) in [6.07, 6.45) is 7.32. The standard InChI is InChI=1S/C18H22N4O2/c23-17-15-5-4-12(10-16(15)19-11-20-17)18(24)22-8-6-14(7-9-22)21-13-2-1-3-13/h4-5,10-11,13-14,21H,1-3,6-9H2,(H,19,20,23). The molecular weight excluding hydrogens is 304 g/mol. The van der Waals surface area contributed by atoms with Crippen LogP contribution < -0.4 is 10.9 Å².